The molecule has 10 heteroatoms. The van der Waals surface area contributed by atoms with Crippen LogP contribution in [0.2, 0.25) is 0 Å². The number of amidine groups is 1. The van der Waals surface area contributed by atoms with Crippen LogP contribution in [0.4, 0.5) is 11.5 Å². The van der Waals surface area contributed by atoms with Crippen molar-refractivity contribution in [1.29, 1.82) is 0 Å². The highest BCUT2D eigenvalue weighted by molar-refractivity contribution is 7.97. The zero-order valence-corrected chi connectivity index (χ0v) is 19.0. The Kier molecular flexibility index (Phi) is 5.41. The fourth-order valence-electron chi connectivity index (χ4n) is 3.91. The van der Waals surface area contributed by atoms with E-state index in [1.54, 1.807) is 11.9 Å². The van der Waals surface area contributed by atoms with E-state index in [2.05, 4.69) is 47.7 Å². The first-order valence-electron chi connectivity index (χ1n) is 11.4. The molecular weight excluding hydrogens is 436 g/mol. The van der Waals surface area contributed by atoms with Gasteiger partial charge in [-0.3, -0.25) is 19.5 Å². The topological polar surface area (TPSA) is 102 Å². The van der Waals surface area contributed by atoms with Gasteiger partial charge in [0, 0.05) is 34.3 Å². The average molecular weight is 464 g/mol. The minimum atomic E-state index is -0.00463. The third kappa shape index (κ3) is 4.97. The van der Waals surface area contributed by atoms with Crippen molar-refractivity contribution >= 4 is 35.2 Å². The van der Waals surface area contributed by atoms with Crippen molar-refractivity contribution in [2.75, 3.05) is 23.7 Å². The van der Waals surface area contributed by atoms with Crippen LogP contribution in [0.3, 0.4) is 0 Å². The molecule has 2 fully saturated rings. The number of anilines is 2. The molecule has 0 saturated heterocycles. The van der Waals surface area contributed by atoms with Crippen molar-refractivity contribution in [2.45, 2.75) is 42.5 Å². The number of rotatable bonds is 9. The summed E-state index contributed by atoms with van der Waals surface area (Å²) in [6.07, 6.45) is 10.8. The maximum absolute atomic E-state index is 12.1. The first kappa shape index (κ1) is 20.5. The molecule has 2 saturated carbocycles. The molecule has 1 atom stereocenters. The number of quaternary nitrogens is 1. The van der Waals surface area contributed by atoms with Crippen LogP contribution in [-0.4, -0.2) is 45.4 Å². The normalized spacial score (nSPS) is 21.5. The molecule has 4 aliphatic rings. The second-order valence-electron chi connectivity index (χ2n) is 8.85. The van der Waals surface area contributed by atoms with E-state index in [-0.39, 0.29) is 5.91 Å². The molecule has 1 aromatic heterocycles. The largest absolute Gasteiger partial charge is 0.325 e. The molecular formula is C23H27N8OS+. The monoisotopic (exact) mass is 463 g/mol. The summed E-state index contributed by atoms with van der Waals surface area (Å²) in [6, 6.07) is 10.6. The fraction of sp³-hybridized carbons (Fsp3) is 0.348. The van der Waals surface area contributed by atoms with Gasteiger partial charge in [-0.15, -0.1) is 0 Å². The highest BCUT2D eigenvalue weighted by Crippen LogP contribution is 2.39. The lowest BCUT2D eigenvalue weighted by molar-refractivity contribution is -0.699. The summed E-state index contributed by atoms with van der Waals surface area (Å²) >= 11 is 1.64. The van der Waals surface area contributed by atoms with Crippen molar-refractivity contribution < 1.29 is 9.69 Å². The van der Waals surface area contributed by atoms with Gasteiger partial charge in [-0.1, -0.05) is 0 Å². The molecule has 9 nitrogen and oxygen atoms in total. The molecule has 0 radical (unpaired) electrons. The van der Waals surface area contributed by atoms with Gasteiger partial charge in [0.1, 0.15) is 12.7 Å². The van der Waals surface area contributed by atoms with Gasteiger partial charge in [0.2, 0.25) is 17.6 Å². The van der Waals surface area contributed by atoms with Gasteiger partial charge in [-0.25, -0.2) is 9.89 Å². The number of aliphatic imine (C=N–C) groups is 1. The van der Waals surface area contributed by atoms with Crippen molar-refractivity contribution in [2.24, 2.45) is 4.99 Å². The lowest BCUT2D eigenvalue weighted by Crippen LogP contribution is -3.10. The Morgan fingerprint density at radius 3 is 2.85 bits per heavy atom. The summed E-state index contributed by atoms with van der Waals surface area (Å²) in [5.74, 6) is 3.49. The van der Waals surface area contributed by atoms with E-state index < -0.39 is 0 Å². The Morgan fingerprint density at radius 2 is 2.06 bits per heavy atom. The number of nitrogens with zero attached hydrogens (tertiary/aromatic N) is 3. The number of aromatic nitrogens is 2. The molecule has 2 aromatic rings. The molecule has 1 amide bonds. The van der Waals surface area contributed by atoms with Gasteiger partial charge < -0.3 is 10.6 Å². The lowest BCUT2D eigenvalue weighted by Gasteiger charge is -2.27. The van der Waals surface area contributed by atoms with Gasteiger partial charge in [-0.05, 0) is 61.9 Å². The summed E-state index contributed by atoms with van der Waals surface area (Å²) in [6.45, 7) is 1.08. The van der Waals surface area contributed by atoms with E-state index in [1.165, 1.54) is 31.4 Å². The first-order valence-corrected chi connectivity index (χ1v) is 12.2. The van der Waals surface area contributed by atoms with Gasteiger partial charge in [0.05, 0.1) is 18.9 Å². The highest BCUT2D eigenvalue weighted by atomic mass is 32.2. The number of hydrogen-bond donors (Lipinski definition) is 5. The predicted molar refractivity (Wildman–Crippen MR) is 128 cm³/mol. The number of nitrogens with one attached hydrogen (secondary N) is 5. The molecule has 33 heavy (non-hydrogen) atoms. The standard InChI is InChI=1S/C23H26N8OS/c32-23(12-25-16-3-4-16)26-17-5-7-18(8-6-17)33-30-13-21-24-9-10-31(21)22(14-30)27-20-11-19(28-29-20)15-1-2-15/h5-11,14-16,25H,1-4,12-13H2,(H,26,32)(H2,27,28,29)/p+1. The number of amides is 1. The number of aromatic amines is 1. The van der Waals surface area contributed by atoms with Crippen molar-refractivity contribution in [3.8, 4) is 0 Å². The van der Waals surface area contributed by atoms with Crippen LogP contribution in [0.25, 0.3) is 0 Å². The van der Waals surface area contributed by atoms with Crippen LogP contribution >= 0.6 is 11.9 Å². The summed E-state index contributed by atoms with van der Waals surface area (Å²) in [5, 5.41) is 17.2. The van der Waals surface area contributed by atoms with E-state index in [0.29, 0.717) is 18.5 Å². The first-order chi connectivity index (χ1) is 16.2. The number of hydrogen-bond acceptors (Lipinski definition) is 7. The molecule has 0 bridgehead atoms. The zero-order chi connectivity index (χ0) is 22.2. The molecule has 1 aromatic carbocycles. The Morgan fingerprint density at radius 1 is 1.21 bits per heavy atom. The minimum Gasteiger partial charge on any atom is -0.325 e. The number of benzene rings is 1. The van der Waals surface area contributed by atoms with Gasteiger partial charge in [0.15, 0.2) is 5.82 Å². The Labute approximate surface area is 196 Å². The summed E-state index contributed by atoms with van der Waals surface area (Å²) in [4.78, 5) is 18.8. The smallest absolute Gasteiger partial charge is 0.238 e. The molecule has 6 rings (SSSR count). The Hall–Kier alpha value is -3.08. The lowest BCUT2D eigenvalue weighted by atomic mass is 10.3. The van der Waals surface area contributed by atoms with E-state index in [1.807, 2.05) is 36.7 Å². The molecule has 5 N–H and O–H groups in total. The third-order valence-electron chi connectivity index (χ3n) is 6.02. The van der Waals surface area contributed by atoms with Crippen LogP contribution in [0.1, 0.15) is 37.3 Å². The quantitative estimate of drug-likeness (QED) is 0.365. The summed E-state index contributed by atoms with van der Waals surface area (Å²) in [5.41, 5.74) is 2.01. The Balaban J connectivity index is 1.10. The SMILES string of the molecule is O=C(CNC1CC1)Nc1ccc(SN2C=C(Nc3cc(C4CC4)[nH]n3)[NH+]3C=CN=C3C2)cc1. The minimum absolute atomic E-state index is 0.00463. The van der Waals surface area contributed by atoms with Gasteiger partial charge >= 0.3 is 0 Å². The van der Waals surface area contributed by atoms with Crippen molar-refractivity contribution in [1.82, 2.24) is 19.8 Å². The summed E-state index contributed by atoms with van der Waals surface area (Å²) < 4.78 is 2.17. The van der Waals surface area contributed by atoms with Crippen molar-refractivity contribution in [3.05, 3.63) is 60.4 Å². The maximum atomic E-state index is 12.1. The van der Waals surface area contributed by atoms with Gasteiger partial charge in [0.25, 0.3) is 0 Å². The second-order valence-corrected chi connectivity index (χ2v) is 9.97. The number of carbonyl (C=O) groups excluding carboxylic acids is 1. The van der Waals surface area contributed by atoms with Crippen molar-refractivity contribution in [3.63, 3.8) is 0 Å². The van der Waals surface area contributed by atoms with E-state index in [0.717, 1.165) is 39.5 Å². The molecule has 1 unspecified atom stereocenters. The third-order valence-corrected chi connectivity index (χ3v) is 6.97. The van der Waals surface area contributed by atoms with Gasteiger partial charge in [-0.2, -0.15) is 5.10 Å². The number of carbonyl (C=O) groups is 1. The van der Waals surface area contributed by atoms with E-state index in [4.69, 9.17) is 0 Å². The molecule has 2 aliphatic carbocycles. The van der Waals surface area contributed by atoms with Crippen LogP contribution in [0.15, 0.2) is 64.6 Å². The second kappa shape index (κ2) is 8.69. The molecule has 0 spiro atoms. The molecule has 2 aliphatic heterocycles. The molecule has 3 heterocycles. The predicted octanol–water partition coefficient (Wildman–Crippen LogP) is 1.98. The summed E-state index contributed by atoms with van der Waals surface area (Å²) in [7, 11) is 0. The average Bonchev–Trinajstić information content (AvgIpc) is 3.74. The number of H-pyrrole nitrogens is 1. The van der Waals surface area contributed by atoms with Crippen LogP contribution in [0.5, 0.6) is 0 Å². The number of fused-ring (bicyclic) bond motifs is 1. The van der Waals surface area contributed by atoms with Crippen LogP contribution in [-0.2, 0) is 4.79 Å². The fourth-order valence-corrected chi connectivity index (χ4v) is 4.78. The van der Waals surface area contributed by atoms with Crippen LogP contribution < -0.4 is 20.9 Å². The maximum Gasteiger partial charge on any atom is 0.238 e. The molecule has 170 valence electrons. The van der Waals surface area contributed by atoms with Crippen LogP contribution in [0, 0.1) is 0 Å². The van der Waals surface area contributed by atoms with E-state index in [9.17, 15) is 4.79 Å². The highest BCUT2D eigenvalue weighted by Gasteiger charge is 2.32. The van der Waals surface area contributed by atoms with E-state index >= 15 is 0 Å². The zero-order valence-electron chi connectivity index (χ0n) is 18.2. The Bertz CT molecular complexity index is 1130.